The molecule has 0 saturated carbocycles. The van der Waals surface area contributed by atoms with Crippen LogP contribution < -0.4 is 10.6 Å². The van der Waals surface area contributed by atoms with Crippen molar-refractivity contribution in [2.75, 3.05) is 38.1 Å². The Hall–Kier alpha value is -1.20. The van der Waals surface area contributed by atoms with E-state index in [4.69, 9.17) is 18.0 Å². The van der Waals surface area contributed by atoms with Gasteiger partial charge in [-0.2, -0.15) is 0 Å². The molecule has 1 fully saturated rings. The zero-order valence-electron chi connectivity index (χ0n) is 10.8. The molecule has 0 atom stereocenters. The van der Waals surface area contributed by atoms with E-state index in [1.165, 1.54) is 25.9 Å². The highest BCUT2D eigenvalue weighted by Gasteiger charge is 2.14. The zero-order chi connectivity index (χ0) is 13.0. The summed E-state index contributed by atoms with van der Waals surface area (Å²) in [4.78, 5) is 9.29. The van der Waals surface area contributed by atoms with Crippen molar-refractivity contribution in [1.29, 1.82) is 0 Å². The van der Waals surface area contributed by atoms with E-state index in [1.54, 1.807) is 6.20 Å². The van der Waals surface area contributed by atoms with E-state index in [0.717, 1.165) is 24.5 Å². The Morgan fingerprint density at radius 2 is 2.22 bits per heavy atom. The lowest BCUT2D eigenvalue weighted by atomic mass is 10.2. The van der Waals surface area contributed by atoms with Gasteiger partial charge in [-0.3, -0.25) is 4.98 Å². The molecule has 18 heavy (non-hydrogen) atoms. The number of likely N-dealkylation sites (N-methyl/N-ethyl adjacent to an activating group) is 1. The molecule has 4 nitrogen and oxygen atoms in total. The molecule has 2 heterocycles. The summed E-state index contributed by atoms with van der Waals surface area (Å²) in [6.45, 7) is 4.51. The van der Waals surface area contributed by atoms with Crippen LogP contribution in [0.5, 0.6) is 0 Å². The highest BCUT2D eigenvalue weighted by atomic mass is 32.1. The molecule has 1 saturated heterocycles. The molecule has 98 valence electrons. The molecule has 0 bridgehead atoms. The van der Waals surface area contributed by atoms with Crippen molar-refractivity contribution in [2.24, 2.45) is 5.73 Å². The van der Waals surface area contributed by atoms with Crippen LogP contribution in [0.15, 0.2) is 18.3 Å². The Labute approximate surface area is 114 Å². The summed E-state index contributed by atoms with van der Waals surface area (Å²) in [5.41, 5.74) is 7.44. The van der Waals surface area contributed by atoms with Gasteiger partial charge in [-0.1, -0.05) is 12.2 Å². The second kappa shape index (κ2) is 6.11. The number of aromatic nitrogens is 1. The molecule has 0 unspecified atom stereocenters. The van der Waals surface area contributed by atoms with Crippen LogP contribution in [0.4, 0.5) is 5.69 Å². The first-order valence-electron chi connectivity index (χ1n) is 6.37. The molecule has 1 aliphatic rings. The second-order valence-electron chi connectivity index (χ2n) is 4.71. The highest BCUT2D eigenvalue weighted by Crippen LogP contribution is 2.17. The number of hydrogen-bond acceptors (Lipinski definition) is 4. The van der Waals surface area contributed by atoms with Crippen LogP contribution in [-0.4, -0.2) is 48.1 Å². The van der Waals surface area contributed by atoms with Crippen molar-refractivity contribution in [3.8, 4) is 0 Å². The Bertz CT molecular complexity index is 415. The topological polar surface area (TPSA) is 45.4 Å². The molecule has 0 spiro atoms. The van der Waals surface area contributed by atoms with E-state index in [0.29, 0.717) is 4.99 Å². The van der Waals surface area contributed by atoms with Gasteiger partial charge in [-0.05, 0) is 38.1 Å². The van der Waals surface area contributed by atoms with Crippen LogP contribution in [0.2, 0.25) is 0 Å². The maximum Gasteiger partial charge on any atom is 0.124 e. The highest BCUT2D eigenvalue weighted by molar-refractivity contribution is 7.80. The summed E-state index contributed by atoms with van der Waals surface area (Å²) in [6, 6.07) is 3.94. The number of nitrogens with zero attached hydrogens (tertiary/aromatic N) is 3. The third-order valence-corrected chi connectivity index (χ3v) is 3.57. The van der Waals surface area contributed by atoms with Gasteiger partial charge in [-0.15, -0.1) is 0 Å². The molecule has 0 aromatic carbocycles. The Morgan fingerprint density at radius 1 is 1.50 bits per heavy atom. The fraction of sp³-hybridized carbons (Fsp3) is 0.538. The van der Waals surface area contributed by atoms with Crippen LogP contribution in [0.3, 0.4) is 0 Å². The smallest absolute Gasteiger partial charge is 0.124 e. The number of likely N-dealkylation sites (tertiary alicyclic amines) is 1. The van der Waals surface area contributed by atoms with Crippen LogP contribution in [0, 0.1) is 0 Å². The molecule has 5 heteroatoms. The van der Waals surface area contributed by atoms with Crippen molar-refractivity contribution < 1.29 is 0 Å². The predicted molar refractivity (Wildman–Crippen MR) is 79.1 cm³/mol. The third kappa shape index (κ3) is 3.17. The SMILES string of the molecule is CN(CCN1CCCC1)c1cccnc1C(N)=S. The van der Waals surface area contributed by atoms with Crippen LogP contribution in [-0.2, 0) is 0 Å². The molecular weight excluding hydrogens is 244 g/mol. The van der Waals surface area contributed by atoms with E-state index in [9.17, 15) is 0 Å². The minimum atomic E-state index is 0.360. The lowest BCUT2D eigenvalue weighted by Crippen LogP contribution is -2.32. The number of thiocarbonyl (C=S) groups is 1. The van der Waals surface area contributed by atoms with Gasteiger partial charge in [0.15, 0.2) is 0 Å². The summed E-state index contributed by atoms with van der Waals surface area (Å²) < 4.78 is 0. The lowest BCUT2D eigenvalue weighted by Gasteiger charge is -2.24. The minimum absolute atomic E-state index is 0.360. The zero-order valence-corrected chi connectivity index (χ0v) is 11.6. The van der Waals surface area contributed by atoms with Crippen LogP contribution in [0.1, 0.15) is 18.5 Å². The molecule has 0 amide bonds. The van der Waals surface area contributed by atoms with E-state index < -0.39 is 0 Å². The summed E-state index contributed by atoms with van der Waals surface area (Å²) in [5.74, 6) is 0. The molecule has 1 aromatic rings. The monoisotopic (exact) mass is 264 g/mol. The Balaban J connectivity index is 1.99. The first kappa shape index (κ1) is 13.2. The van der Waals surface area contributed by atoms with Crippen molar-refractivity contribution >= 4 is 22.9 Å². The summed E-state index contributed by atoms with van der Waals surface area (Å²) in [6.07, 6.45) is 4.38. The average molecular weight is 264 g/mol. The van der Waals surface area contributed by atoms with Gasteiger partial charge < -0.3 is 15.5 Å². The van der Waals surface area contributed by atoms with Gasteiger partial charge in [0, 0.05) is 26.3 Å². The van der Waals surface area contributed by atoms with Gasteiger partial charge in [0.1, 0.15) is 10.7 Å². The number of anilines is 1. The number of pyridine rings is 1. The summed E-state index contributed by atoms with van der Waals surface area (Å²) >= 11 is 5.04. The standard InChI is InChI=1S/C13H20N4S/c1-16(9-10-17-7-2-3-8-17)11-5-4-6-15-12(11)13(14)18/h4-6H,2-3,7-10H2,1H3,(H2,14,18). The van der Waals surface area contributed by atoms with Crippen molar-refractivity contribution in [2.45, 2.75) is 12.8 Å². The van der Waals surface area contributed by atoms with Gasteiger partial charge >= 0.3 is 0 Å². The van der Waals surface area contributed by atoms with Crippen LogP contribution in [0.25, 0.3) is 0 Å². The van der Waals surface area contributed by atoms with Gasteiger partial charge in [-0.25, -0.2) is 0 Å². The largest absolute Gasteiger partial charge is 0.388 e. The van der Waals surface area contributed by atoms with Crippen molar-refractivity contribution in [3.63, 3.8) is 0 Å². The van der Waals surface area contributed by atoms with Crippen molar-refractivity contribution in [3.05, 3.63) is 24.0 Å². The predicted octanol–water partition coefficient (Wildman–Crippen LogP) is 1.25. The third-order valence-electron chi connectivity index (χ3n) is 3.38. The first-order chi connectivity index (χ1) is 8.68. The molecule has 0 aliphatic carbocycles. The quantitative estimate of drug-likeness (QED) is 0.811. The first-order valence-corrected chi connectivity index (χ1v) is 6.77. The molecular formula is C13H20N4S. The van der Waals surface area contributed by atoms with E-state index in [-0.39, 0.29) is 0 Å². The number of hydrogen-bond donors (Lipinski definition) is 1. The fourth-order valence-corrected chi connectivity index (χ4v) is 2.47. The van der Waals surface area contributed by atoms with Crippen molar-refractivity contribution in [1.82, 2.24) is 9.88 Å². The van der Waals surface area contributed by atoms with Crippen LogP contribution >= 0.6 is 12.2 Å². The van der Waals surface area contributed by atoms with Gasteiger partial charge in [0.2, 0.25) is 0 Å². The summed E-state index contributed by atoms with van der Waals surface area (Å²) in [7, 11) is 2.06. The van der Waals surface area contributed by atoms with Gasteiger partial charge in [0.25, 0.3) is 0 Å². The second-order valence-corrected chi connectivity index (χ2v) is 5.15. The molecule has 0 radical (unpaired) electrons. The molecule has 1 aromatic heterocycles. The maximum atomic E-state index is 5.70. The fourth-order valence-electron chi connectivity index (χ4n) is 2.31. The van der Waals surface area contributed by atoms with E-state index in [1.807, 2.05) is 12.1 Å². The maximum absolute atomic E-state index is 5.70. The summed E-state index contributed by atoms with van der Waals surface area (Å²) in [5, 5.41) is 0. The lowest BCUT2D eigenvalue weighted by molar-refractivity contribution is 0.346. The average Bonchev–Trinajstić information content (AvgIpc) is 2.89. The minimum Gasteiger partial charge on any atom is -0.388 e. The van der Waals surface area contributed by atoms with E-state index >= 15 is 0 Å². The number of nitrogens with two attached hydrogens (primary N) is 1. The molecule has 2 rings (SSSR count). The number of rotatable bonds is 5. The Morgan fingerprint density at radius 3 is 2.89 bits per heavy atom. The van der Waals surface area contributed by atoms with Gasteiger partial charge in [0.05, 0.1) is 5.69 Å². The molecule has 1 aliphatic heterocycles. The Kier molecular flexibility index (Phi) is 4.49. The van der Waals surface area contributed by atoms with E-state index in [2.05, 4.69) is 21.8 Å². The normalized spacial score (nSPS) is 15.8. The molecule has 2 N–H and O–H groups in total.